The Hall–Kier alpha value is -2.74. The van der Waals surface area contributed by atoms with Crippen molar-refractivity contribution in [2.75, 3.05) is 19.7 Å². The zero-order valence-corrected chi connectivity index (χ0v) is 17.7. The molecule has 2 fully saturated rings. The van der Waals surface area contributed by atoms with Gasteiger partial charge in [0.05, 0.1) is 19.7 Å². The number of nitrogens with zero attached hydrogens (tertiary/aromatic N) is 1. The topological polar surface area (TPSA) is 77.1 Å². The lowest BCUT2D eigenvalue weighted by Gasteiger charge is -2.27. The van der Waals surface area contributed by atoms with E-state index in [2.05, 4.69) is 5.32 Å². The summed E-state index contributed by atoms with van der Waals surface area (Å²) in [6.45, 7) is 5.24. The lowest BCUT2D eigenvalue weighted by Crippen LogP contribution is -2.52. The van der Waals surface area contributed by atoms with Crippen molar-refractivity contribution < 1.29 is 23.8 Å². The summed E-state index contributed by atoms with van der Waals surface area (Å²) in [6.07, 6.45) is -0.733. The predicted molar refractivity (Wildman–Crippen MR) is 112 cm³/mol. The first-order valence-corrected chi connectivity index (χ1v) is 10.6. The third kappa shape index (κ3) is 3.63. The van der Waals surface area contributed by atoms with Crippen LogP contribution >= 0.6 is 0 Å². The van der Waals surface area contributed by atoms with Crippen LogP contribution in [0.3, 0.4) is 0 Å². The molecule has 0 aromatic heterocycles. The molecule has 0 bridgehead atoms. The van der Waals surface area contributed by atoms with Gasteiger partial charge in [0.2, 0.25) is 0 Å². The van der Waals surface area contributed by atoms with E-state index in [-0.39, 0.29) is 31.1 Å². The Kier molecular flexibility index (Phi) is 4.84. The van der Waals surface area contributed by atoms with Gasteiger partial charge in [-0.2, -0.15) is 0 Å². The summed E-state index contributed by atoms with van der Waals surface area (Å²) in [5.41, 5.74) is 1.56. The van der Waals surface area contributed by atoms with E-state index in [1.807, 2.05) is 56.3 Å². The molecule has 5 rings (SSSR count). The molecule has 0 unspecified atom stereocenters. The fraction of sp³-hybridized carbons (Fsp3) is 0.417. The number of rotatable bonds is 5. The van der Waals surface area contributed by atoms with Crippen LogP contribution in [0.15, 0.2) is 54.6 Å². The van der Waals surface area contributed by atoms with Crippen LogP contribution in [0, 0.1) is 0 Å². The summed E-state index contributed by atoms with van der Waals surface area (Å²) in [7, 11) is 0. The molecule has 162 valence electrons. The van der Waals surface area contributed by atoms with Gasteiger partial charge in [-0.3, -0.25) is 9.59 Å². The smallest absolute Gasteiger partial charge is 0.254 e. The minimum Gasteiger partial charge on any atom is -0.370 e. The van der Waals surface area contributed by atoms with Crippen molar-refractivity contribution in [3.63, 3.8) is 0 Å². The molecule has 3 atom stereocenters. The van der Waals surface area contributed by atoms with Crippen LogP contribution in [0.2, 0.25) is 0 Å². The Morgan fingerprint density at radius 1 is 1.13 bits per heavy atom. The Morgan fingerprint density at radius 3 is 2.65 bits per heavy atom. The molecule has 0 spiro atoms. The van der Waals surface area contributed by atoms with Gasteiger partial charge in [-0.15, -0.1) is 0 Å². The molecule has 0 saturated carbocycles. The number of fused-ring (bicyclic) bond motifs is 2. The summed E-state index contributed by atoms with van der Waals surface area (Å²) in [5.74, 6) is -0.967. The number of benzene rings is 2. The number of carbonyl (C=O) groups is 2. The van der Waals surface area contributed by atoms with Gasteiger partial charge < -0.3 is 24.4 Å². The van der Waals surface area contributed by atoms with Gasteiger partial charge in [0.15, 0.2) is 5.79 Å². The van der Waals surface area contributed by atoms with E-state index in [1.54, 1.807) is 17.0 Å². The molecule has 0 radical (unpaired) electrons. The molecule has 31 heavy (non-hydrogen) atoms. The van der Waals surface area contributed by atoms with E-state index >= 15 is 0 Å². The lowest BCUT2D eigenvalue weighted by atomic mass is 9.96. The van der Waals surface area contributed by atoms with Crippen LogP contribution in [-0.4, -0.2) is 60.0 Å². The fourth-order valence-electron chi connectivity index (χ4n) is 4.78. The fourth-order valence-corrected chi connectivity index (χ4v) is 4.78. The highest BCUT2D eigenvalue weighted by molar-refractivity contribution is 5.98. The second-order valence-corrected chi connectivity index (χ2v) is 8.85. The summed E-state index contributed by atoms with van der Waals surface area (Å²) >= 11 is 0. The first-order chi connectivity index (χ1) is 14.9. The zero-order chi connectivity index (χ0) is 21.6. The second kappa shape index (κ2) is 7.44. The van der Waals surface area contributed by atoms with Crippen LogP contribution in [0.1, 0.15) is 40.1 Å². The van der Waals surface area contributed by atoms with Crippen LogP contribution in [0.25, 0.3) is 0 Å². The number of ether oxygens (including phenoxy) is 3. The summed E-state index contributed by atoms with van der Waals surface area (Å²) < 4.78 is 18.5. The van der Waals surface area contributed by atoms with Gasteiger partial charge in [-0.1, -0.05) is 36.4 Å². The van der Waals surface area contributed by atoms with E-state index in [9.17, 15) is 9.59 Å². The van der Waals surface area contributed by atoms with E-state index in [0.717, 1.165) is 11.1 Å². The highest BCUT2D eigenvalue weighted by atomic mass is 16.8. The van der Waals surface area contributed by atoms with E-state index in [1.165, 1.54) is 0 Å². The van der Waals surface area contributed by atoms with Crippen molar-refractivity contribution in [1.82, 2.24) is 10.2 Å². The van der Waals surface area contributed by atoms with Gasteiger partial charge in [-0.25, -0.2) is 0 Å². The minimum atomic E-state index is -0.803. The zero-order valence-electron chi connectivity index (χ0n) is 17.7. The third-order valence-electron chi connectivity index (χ3n) is 6.14. The Labute approximate surface area is 181 Å². The van der Waals surface area contributed by atoms with Crippen molar-refractivity contribution in [2.45, 2.75) is 44.0 Å². The molecule has 0 aliphatic carbocycles. The standard InChI is InChI=1S/C24H26N2O5/c1-23(2)30-20-19(13-26-12-17-10-6-7-11-18(17)22(26)28)29-15-24(20,31-23)14-25-21(27)16-8-4-3-5-9-16/h3-11,19-20H,12-15H2,1-2H3,(H,25,27)/t19-,20-,24+/m1/s1. The van der Waals surface area contributed by atoms with E-state index in [0.29, 0.717) is 18.7 Å². The largest absolute Gasteiger partial charge is 0.370 e. The normalized spacial score (nSPS) is 28.5. The maximum atomic E-state index is 12.8. The maximum absolute atomic E-state index is 12.8. The molecule has 2 amide bonds. The van der Waals surface area contributed by atoms with Crippen LogP contribution in [0.4, 0.5) is 0 Å². The van der Waals surface area contributed by atoms with Gasteiger partial charge >= 0.3 is 0 Å². The number of hydrogen-bond donors (Lipinski definition) is 1. The Balaban J connectivity index is 1.30. The quantitative estimate of drug-likeness (QED) is 0.801. The van der Waals surface area contributed by atoms with Gasteiger partial charge in [0.25, 0.3) is 11.8 Å². The van der Waals surface area contributed by atoms with E-state index in [4.69, 9.17) is 14.2 Å². The predicted octanol–water partition coefficient (Wildman–Crippen LogP) is 2.36. The van der Waals surface area contributed by atoms with Gasteiger partial charge in [0, 0.05) is 17.7 Å². The van der Waals surface area contributed by atoms with Crippen LogP contribution in [-0.2, 0) is 20.8 Å². The number of carbonyl (C=O) groups excluding carboxylic acids is 2. The molecule has 2 aromatic carbocycles. The molecule has 2 aromatic rings. The first-order valence-electron chi connectivity index (χ1n) is 10.6. The molecule has 3 heterocycles. The van der Waals surface area contributed by atoms with Crippen molar-refractivity contribution in [3.8, 4) is 0 Å². The average molecular weight is 422 g/mol. The molecule has 3 aliphatic heterocycles. The van der Waals surface area contributed by atoms with E-state index < -0.39 is 17.5 Å². The molecular weight excluding hydrogens is 396 g/mol. The number of nitrogens with one attached hydrogen (secondary N) is 1. The molecule has 3 aliphatic rings. The highest BCUT2D eigenvalue weighted by Crippen LogP contribution is 2.43. The van der Waals surface area contributed by atoms with Crippen LogP contribution < -0.4 is 5.32 Å². The van der Waals surface area contributed by atoms with Crippen molar-refractivity contribution in [3.05, 3.63) is 71.3 Å². The molecule has 7 nitrogen and oxygen atoms in total. The SMILES string of the molecule is CC1(C)O[C@@H]2[C@@H](CN3Cc4ccccc4C3=O)OC[C@]2(CNC(=O)c2ccccc2)O1. The minimum absolute atomic E-state index is 0.00672. The Bertz CT molecular complexity index is 1010. The monoisotopic (exact) mass is 422 g/mol. The van der Waals surface area contributed by atoms with Crippen molar-refractivity contribution in [1.29, 1.82) is 0 Å². The summed E-state index contributed by atoms with van der Waals surface area (Å²) in [5, 5.41) is 2.97. The third-order valence-corrected chi connectivity index (χ3v) is 6.14. The average Bonchev–Trinajstić information content (AvgIpc) is 3.35. The van der Waals surface area contributed by atoms with Gasteiger partial charge in [-0.05, 0) is 37.6 Å². The first kappa shape index (κ1) is 20.2. The molecule has 1 N–H and O–H groups in total. The summed E-state index contributed by atoms with van der Waals surface area (Å²) in [6, 6.07) is 16.7. The second-order valence-electron chi connectivity index (χ2n) is 8.85. The highest BCUT2D eigenvalue weighted by Gasteiger charge is 2.61. The van der Waals surface area contributed by atoms with Crippen molar-refractivity contribution >= 4 is 11.8 Å². The molecule has 2 saturated heterocycles. The lowest BCUT2D eigenvalue weighted by molar-refractivity contribution is -0.189. The number of amides is 2. The summed E-state index contributed by atoms with van der Waals surface area (Å²) in [4.78, 5) is 27.2. The van der Waals surface area contributed by atoms with Crippen LogP contribution in [0.5, 0.6) is 0 Å². The Morgan fingerprint density at radius 2 is 1.87 bits per heavy atom. The van der Waals surface area contributed by atoms with Crippen molar-refractivity contribution in [2.24, 2.45) is 0 Å². The van der Waals surface area contributed by atoms with Gasteiger partial charge in [0.1, 0.15) is 17.8 Å². The maximum Gasteiger partial charge on any atom is 0.254 e. The molecule has 7 heteroatoms. The molecular formula is C24H26N2O5. The number of hydrogen-bond acceptors (Lipinski definition) is 5.